The Kier molecular flexibility index (Phi) is 7.28. The molecule has 0 spiro atoms. The van der Waals surface area contributed by atoms with Crippen molar-refractivity contribution in [1.82, 2.24) is 10.2 Å². The number of likely N-dealkylation sites (N-methyl/N-ethyl adjacent to an activating group) is 1. The molecule has 2 amide bonds. The van der Waals surface area contributed by atoms with Crippen molar-refractivity contribution >= 4 is 50.7 Å². The van der Waals surface area contributed by atoms with Gasteiger partial charge in [-0.2, -0.15) is 0 Å². The lowest BCUT2D eigenvalue weighted by Crippen LogP contribution is -2.46. The Morgan fingerprint density at radius 3 is 2.76 bits per heavy atom. The van der Waals surface area contributed by atoms with E-state index >= 15 is 0 Å². The Labute approximate surface area is 164 Å². The lowest BCUT2D eigenvalue weighted by Gasteiger charge is -2.22. The van der Waals surface area contributed by atoms with Crippen molar-refractivity contribution in [1.29, 1.82) is 0 Å². The topological polar surface area (TPSA) is 58.6 Å². The minimum atomic E-state index is -0.621. The molecule has 1 aromatic carbocycles. The summed E-state index contributed by atoms with van der Waals surface area (Å²) in [6.07, 6.45) is 0. The molecule has 0 saturated heterocycles. The van der Waals surface area contributed by atoms with Gasteiger partial charge in [0.15, 0.2) is 0 Å². The van der Waals surface area contributed by atoms with Gasteiger partial charge in [0, 0.05) is 12.1 Å². The van der Waals surface area contributed by atoms with E-state index in [0.29, 0.717) is 28.8 Å². The average molecular weight is 446 g/mol. The number of hydrogen-bond acceptors (Lipinski definition) is 4. The third-order valence-electron chi connectivity index (χ3n) is 3.38. The Balaban J connectivity index is 1.79. The summed E-state index contributed by atoms with van der Waals surface area (Å²) < 4.78 is 6.44. The van der Waals surface area contributed by atoms with E-state index in [2.05, 4.69) is 21.2 Å². The highest BCUT2D eigenvalue weighted by Crippen LogP contribution is 2.22. The number of nitrogens with zero attached hydrogens (tertiary/aromatic N) is 1. The van der Waals surface area contributed by atoms with E-state index in [4.69, 9.17) is 16.3 Å². The predicted octanol–water partition coefficient (Wildman–Crippen LogP) is 3.82. The fraction of sp³-hybridized carbons (Fsp3) is 0.294. The SMILES string of the molecule is CC(NC(=O)c1ccc(Br)s1)C(=O)N(C)CCOc1cccc(Cl)c1. The van der Waals surface area contributed by atoms with Gasteiger partial charge in [-0.1, -0.05) is 17.7 Å². The highest BCUT2D eigenvalue weighted by Gasteiger charge is 2.20. The summed E-state index contributed by atoms with van der Waals surface area (Å²) in [5.41, 5.74) is 0. The van der Waals surface area contributed by atoms with Crippen LogP contribution in [0.2, 0.25) is 5.02 Å². The second kappa shape index (κ2) is 9.22. The van der Waals surface area contributed by atoms with Crippen LogP contribution in [0.25, 0.3) is 0 Å². The van der Waals surface area contributed by atoms with Crippen LogP contribution in [-0.4, -0.2) is 43.0 Å². The highest BCUT2D eigenvalue weighted by atomic mass is 79.9. The van der Waals surface area contributed by atoms with E-state index in [1.165, 1.54) is 16.2 Å². The summed E-state index contributed by atoms with van der Waals surface area (Å²) in [7, 11) is 1.67. The van der Waals surface area contributed by atoms with Gasteiger partial charge < -0.3 is 15.0 Å². The van der Waals surface area contributed by atoms with E-state index in [9.17, 15) is 9.59 Å². The van der Waals surface area contributed by atoms with Gasteiger partial charge in [0.05, 0.1) is 15.2 Å². The molecule has 0 fully saturated rings. The minimum Gasteiger partial charge on any atom is -0.492 e. The predicted molar refractivity (Wildman–Crippen MR) is 104 cm³/mol. The zero-order valence-corrected chi connectivity index (χ0v) is 17.0. The Morgan fingerprint density at radius 2 is 2.12 bits per heavy atom. The summed E-state index contributed by atoms with van der Waals surface area (Å²) in [6.45, 7) is 2.40. The van der Waals surface area contributed by atoms with Gasteiger partial charge in [-0.25, -0.2) is 0 Å². The number of benzene rings is 1. The lowest BCUT2D eigenvalue weighted by atomic mass is 10.2. The van der Waals surface area contributed by atoms with Crippen molar-refractivity contribution in [2.45, 2.75) is 13.0 Å². The number of carbonyl (C=O) groups excluding carboxylic acids is 2. The monoisotopic (exact) mass is 444 g/mol. The van der Waals surface area contributed by atoms with Crippen molar-refractivity contribution in [3.63, 3.8) is 0 Å². The molecule has 5 nitrogen and oxygen atoms in total. The molecule has 2 rings (SSSR count). The summed E-state index contributed by atoms with van der Waals surface area (Å²) in [6, 6.07) is 9.97. The molecule has 8 heteroatoms. The van der Waals surface area contributed by atoms with Gasteiger partial charge in [-0.15, -0.1) is 11.3 Å². The fourth-order valence-electron chi connectivity index (χ4n) is 2.06. The van der Waals surface area contributed by atoms with E-state index in [1.807, 2.05) is 0 Å². The number of halogens is 2. The van der Waals surface area contributed by atoms with Crippen molar-refractivity contribution < 1.29 is 14.3 Å². The fourth-order valence-corrected chi connectivity index (χ4v) is 3.53. The largest absolute Gasteiger partial charge is 0.492 e. The third kappa shape index (κ3) is 6.02. The number of nitrogens with one attached hydrogen (secondary N) is 1. The van der Waals surface area contributed by atoms with Gasteiger partial charge in [0.1, 0.15) is 18.4 Å². The molecule has 0 aliphatic rings. The number of hydrogen-bond donors (Lipinski definition) is 1. The van der Waals surface area contributed by atoms with Crippen LogP contribution in [0.15, 0.2) is 40.2 Å². The zero-order chi connectivity index (χ0) is 18.4. The lowest BCUT2D eigenvalue weighted by molar-refractivity contribution is -0.131. The molecule has 1 unspecified atom stereocenters. The van der Waals surface area contributed by atoms with Crippen LogP contribution in [-0.2, 0) is 4.79 Å². The van der Waals surface area contributed by atoms with Gasteiger partial charge in [-0.3, -0.25) is 9.59 Å². The zero-order valence-electron chi connectivity index (χ0n) is 13.8. The van der Waals surface area contributed by atoms with Crippen molar-refractivity contribution in [3.05, 3.63) is 50.1 Å². The molecule has 0 radical (unpaired) electrons. The van der Waals surface area contributed by atoms with E-state index in [0.717, 1.165) is 3.79 Å². The highest BCUT2D eigenvalue weighted by molar-refractivity contribution is 9.11. The number of rotatable bonds is 7. The second-order valence-electron chi connectivity index (χ2n) is 5.36. The van der Waals surface area contributed by atoms with Crippen molar-refractivity contribution in [2.24, 2.45) is 0 Å². The van der Waals surface area contributed by atoms with E-state index in [1.54, 1.807) is 50.4 Å². The van der Waals surface area contributed by atoms with Crippen LogP contribution in [0.4, 0.5) is 0 Å². The molecule has 1 aromatic heterocycles. The second-order valence-corrected chi connectivity index (χ2v) is 8.26. The molecule has 0 aliphatic heterocycles. The Hall–Kier alpha value is -1.57. The number of amides is 2. The molecule has 0 aliphatic carbocycles. The molecule has 0 saturated carbocycles. The molecule has 1 N–H and O–H groups in total. The molecule has 1 atom stereocenters. The minimum absolute atomic E-state index is 0.182. The molecule has 134 valence electrons. The van der Waals surface area contributed by atoms with Gasteiger partial charge >= 0.3 is 0 Å². The third-order valence-corrected chi connectivity index (χ3v) is 5.24. The molecular formula is C17H18BrClN2O3S. The van der Waals surface area contributed by atoms with Crippen LogP contribution in [0.1, 0.15) is 16.6 Å². The van der Waals surface area contributed by atoms with Crippen molar-refractivity contribution in [2.75, 3.05) is 20.2 Å². The molecular weight excluding hydrogens is 428 g/mol. The Morgan fingerprint density at radius 1 is 1.36 bits per heavy atom. The maximum absolute atomic E-state index is 12.3. The molecule has 1 heterocycles. The van der Waals surface area contributed by atoms with Gasteiger partial charge in [0.25, 0.3) is 5.91 Å². The van der Waals surface area contributed by atoms with E-state index < -0.39 is 6.04 Å². The van der Waals surface area contributed by atoms with Crippen LogP contribution >= 0.6 is 38.9 Å². The first-order valence-corrected chi connectivity index (χ1v) is 9.55. The first kappa shape index (κ1) is 19.8. The van der Waals surface area contributed by atoms with Crippen molar-refractivity contribution in [3.8, 4) is 5.75 Å². The number of carbonyl (C=O) groups is 2. The summed E-state index contributed by atoms with van der Waals surface area (Å²) >= 11 is 10.5. The number of ether oxygens (including phenoxy) is 1. The van der Waals surface area contributed by atoms with Gasteiger partial charge in [0.2, 0.25) is 5.91 Å². The first-order chi connectivity index (χ1) is 11.9. The maximum Gasteiger partial charge on any atom is 0.262 e. The summed E-state index contributed by atoms with van der Waals surface area (Å²) in [5, 5.41) is 3.30. The Bertz CT molecular complexity index is 753. The number of thiophene rings is 1. The van der Waals surface area contributed by atoms with Crippen LogP contribution < -0.4 is 10.1 Å². The van der Waals surface area contributed by atoms with Crippen LogP contribution in [0.5, 0.6) is 5.75 Å². The normalized spacial score (nSPS) is 11.7. The molecule has 0 bridgehead atoms. The smallest absolute Gasteiger partial charge is 0.262 e. The molecule has 2 aromatic rings. The summed E-state index contributed by atoms with van der Waals surface area (Å²) in [4.78, 5) is 26.5. The van der Waals surface area contributed by atoms with Crippen LogP contribution in [0, 0.1) is 0 Å². The van der Waals surface area contributed by atoms with E-state index in [-0.39, 0.29) is 11.8 Å². The quantitative estimate of drug-likeness (QED) is 0.705. The molecule has 25 heavy (non-hydrogen) atoms. The van der Waals surface area contributed by atoms with Crippen LogP contribution in [0.3, 0.4) is 0 Å². The maximum atomic E-state index is 12.3. The first-order valence-electron chi connectivity index (χ1n) is 7.56. The standard InChI is InChI=1S/C17H18BrClN2O3S/c1-11(20-16(22)14-6-7-15(18)25-14)17(23)21(2)8-9-24-13-5-3-4-12(19)10-13/h3-7,10-11H,8-9H2,1-2H3,(H,20,22). The van der Waals surface area contributed by atoms with Gasteiger partial charge in [-0.05, 0) is 53.2 Å². The summed E-state index contributed by atoms with van der Waals surface area (Å²) in [5.74, 6) is 0.205. The average Bonchev–Trinajstić information content (AvgIpc) is 3.00.